The molecule has 2 aliphatic rings. The molecule has 1 amide bonds. The summed E-state index contributed by atoms with van der Waals surface area (Å²) in [6.07, 6.45) is 0.742. The van der Waals surface area contributed by atoms with E-state index in [0.29, 0.717) is 13.2 Å². The van der Waals surface area contributed by atoms with E-state index in [1.54, 1.807) is 0 Å². The predicted molar refractivity (Wildman–Crippen MR) is 115 cm³/mol. The number of benzene rings is 2. The first-order valence-electron chi connectivity index (χ1n) is 10.7. The van der Waals surface area contributed by atoms with Crippen LogP contribution in [0, 0.1) is 5.92 Å². The minimum Gasteiger partial charge on any atom is -0.492 e. The Bertz CT molecular complexity index is 813. The average Bonchev–Trinajstić information content (AvgIpc) is 2.78. The summed E-state index contributed by atoms with van der Waals surface area (Å²) in [5, 5.41) is 3.08. The maximum Gasteiger partial charge on any atom is 0.227 e. The second kappa shape index (κ2) is 9.42. The molecular formula is C24H31N3O2. The molecule has 0 spiro atoms. The molecule has 29 heavy (non-hydrogen) atoms. The minimum atomic E-state index is -0.119. The van der Waals surface area contributed by atoms with Gasteiger partial charge in [0.05, 0.1) is 5.92 Å². The summed E-state index contributed by atoms with van der Waals surface area (Å²) in [5.41, 5.74) is 3.58. The number of carbonyl (C=O) groups is 1. The third-order valence-corrected chi connectivity index (χ3v) is 6.06. The molecule has 5 heteroatoms. The van der Waals surface area contributed by atoms with Gasteiger partial charge in [0.15, 0.2) is 0 Å². The van der Waals surface area contributed by atoms with Gasteiger partial charge < -0.3 is 15.0 Å². The Morgan fingerprint density at radius 3 is 2.45 bits per heavy atom. The van der Waals surface area contributed by atoms with E-state index < -0.39 is 0 Å². The van der Waals surface area contributed by atoms with Crippen LogP contribution in [0.1, 0.15) is 23.6 Å². The van der Waals surface area contributed by atoms with Gasteiger partial charge in [0, 0.05) is 39.3 Å². The smallest absolute Gasteiger partial charge is 0.227 e. The number of piperazine rings is 1. The number of nitrogens with zero attached hydrogens (tertiary/aromatic N) is 2. The van der Waals surface area contributed by atoms with Crippen LogP contribution in [0.25, 0.3) is 0 Å². The topological polar surface area (TPSA) is 44.8 Å². The van der Waals surface area contributed by atoms with Crippen LogP contribution in [0.5, 0.6) is 5.75 Å². The number of fused-ring (bicyclic) bond motifs is 1. The number of carbonyl (C=O) groups excluding carboxylic acids is 1. The lowest BCUT2D eigenvalue weighted by molar-refractivity contribution is -0.126. The third kappa shape index (κ3) is 5.17. The number of hydrogen-bond acceptors (Lipinski definition) is 4. The summed E-state index contributed by atoms with van der Waals surface area (Å²) in [5.74, 6) is 0.853. The van der Waals surface area contributed by atoms with E-state index in [4.69, 9.17) is 4.74 Å². The summed E-state index contributed by atoms with van der Waals surface area (Å²) in [7, 11) is 0. The van der Waals surface area contributed by atoms with Gasteiger partial charge in [0.25, 0.3) is 0 Å². The van der Waals surface area contributed by atoms with Crippen molar-refractivity contribution < 1.29 is 9.53 Å². The lowest BCUT2D eigenvalue weighted by Gasteiger charge is -2.34. The molecule has 0 radical (unpaired) electrons. The number of hydrogen-bond donors (Lipinski definition) is 1. The SMILES string of the molecule is CCN1CCN(Cc2ccc(CNC(=O)[C@@H]3COc4ccccc4C3)cc2)CC1. The van der Waals surface area contributed by atoms with Crippen LogP contribution in [0.15, 0.2) is 48.5 Å². The van der Waals surface area contributed by atoms with E-state index >= 15 is 0 Å². The van der Waals surface area contributed by atoms with E-state index in [-0.39, 0.29) is 11.8 Å². The van der Waals surface area contributed by atoms with Crippen molar-refractivity contribution in [1.29, 1.82) is 0 Å². The molecule has 5 nitrogen and oxygen atoms in total. The van der Waals surface area contributed by atoms with Crippen LogP contribution in [0.3, 0.4) is 0 Å². The normalized spacial score (nSPS) is 20.0. The quantitative estimate of drug-likeness (QED) is 0.820. The Kier molecular flexibility index (Phi) is 6.47. The molecule has 0 aromatic heterocycles. The summed E-state index contributed by atoms with van der Waals surface area (Å²) >= 11 is 0. The molecular weight excluding hydrogens is 362 g/mol. The van der Waals surface area contributed by atoms with Crippen molar-refractivity contribution >= 4 is 5.91 Å². The second-order valence-corrected chi connectivity index (χ2v) is 8.06. The van der Waals surface area contributed by atoms with Gasteiger partial charge in [-0.2, -0.15) is 0 Å². The fourth-order valence-electron chi connectivity index (χ4n) is 4.11. The number of rotatable bonds is 6. The molecule has 2 aromatic carbocycles. The molecule has 0 aliphatic carbocycles. The van der Waals surface area contributed by atoms with Crippen molar-refractivity contribution in [2.24, 2.45) is 5.92 Å². The Morgan fingerprint density at radius 2 is 1.69 bits per heavy atom. The Labute approximate surface area is 173 Å². The van der Waals surface area contributed by atoms with Crippen LogP contribution in [-0.4, -0.2) is 55.0 Å². The van der Waals surface area contributed by atoms with Gasteiger partial charge in [-0.05, 0) is 35.7 Å². The van der Waals surface area contributed by atoms with Crippen LogP contribution in [-0.2, 0) is 24.3 Å². The monoisotopic (exact) mass is 393 g/mol. The minimum absolute atomic E-state index is 0.0670. The van der Waals surface area contributed by atoms with E-state index in [1.165, 1.54) is 5.56 Å². The van der Waals surface area contributed by atoms with Gasteiger partial charge in [0.1, 0.15) is 12.4 Å². The first-order chi connectivity index (χ1) is 14.2. The first kappa shape index (κ1) is 19.9. The fraction of sp³-hybridized carbons (Fsp3) is 0.458. The zero-order chi connectivity index (χ0) is 20.1. The molecule has 0 unspecified atom stereocenters. The Morgan fingerprint density at radius 1 is 1.00 bits per heavy atom. The zero-order valence-electron chi connectivity index (χ0n) is 17.3. The predicted octanol–water partition coefficient (Wildman–Crippen LogP) is 2.69. The highest BCUT2D eigenvalue weighted by Gasteiger charge is 2.25. The highest BCUT2D eigenvalue weighted by atomic mass is 16.5. The van der Waals surface area contributed by atoms with E-state index in [9.17, 15) is 4.79 Å². The number of para-hydroxylation sites is 1. The van der Waals surface area contributed by atoms with E-state index in [0.717, 1.165) is 62.6 Å². The van der Waals surface area contributed by atoms with Crippen LogP contribution in [0.2, 0.25) is 0 Å². The van der Waals surface area contributed by atoms with Gasteiger partial charge in [-0.15, -0.1) is 0 Å². The molecule has 1 fully saturated rings. The third-order valence-electron chi connectivity index (χ3n) is 6.06. The number of nitrogens with one attached hydrogen (secondary N) is 1. The van der Waals surface area contributed by atoms with E-state index in [2.05, 4.69) is 46.3 Å². The van der Waals surface area contributed by atoms with Gasteiger partial charge in [-0.25, -0.2) is 0 Å². The lowest BCUT2D eigenvalue weighted by atomic mass is 9.96. The molecule has 4 rings (SSSR count). The average molecular weight is 394 g/mol. The Balaban J connectivity index is 1.24. The maximum atomic E-state index is 12.6. The summed E-state index contributed by atoms with van der Waals surface area (Å²) in [6, 6.07) is 16.6. The Hall–Kier alpha value is -2.37. The van der Waals surface area contributed by atoms with Crippen LogP contribution >= 0.6 is 0 Å². The van der Waals surface area contributed by atoms with Gasteiger partial charge in [-0.3, -0.25) is 9.69 Å². The molecule has 2 aliphatic heterocycles. The van der Waals surface area contributed by atoms with Crippen molar-refractivity contribution in [1.82, 2.24) is 15.1 Å². The van der Waals surface area contributed by atoms with Crippen molar-refractivity contribution in [2.45, 2.75) is 26.4 Å². The van der Waals surface area contributed by atoms with Crippen molar-refractivity contribution in [3.8, 4) is 5.75 Å². The molecule has 0 saturated carbocycles. The lowest BCUT2D eigenvalue weighted by Crippen LogP contribution is -2.45. The molecule has 2 heterocycles. The largest absolute Gasteiger partial charge is 0.492 e. The van der Waals surface area contributed by atoms with Gasteiger partial charge >= 0.3 is 0 Å². The summed E-state index contributed by atoms with van der Waals surface area (Å²) in [6.45, 7) is 9.99. The standard InChI is InChI=1S/C24H31N3O2/c1-2-26-11-13-27(14-12-26)17-20-9-7-19(8-10-20)16-25-24(28)22-15-21-5-3-4-6-23(21)29-18-22/h3-10,22H,2,11-18H2,1H3,(H,25,28)/t22-/m0/s1. The fourth-order valence-corrected chi connectivity index (χ4v) is 4.11. The number of amides is 1. The van der Waals surface area contributed by atoms with Crippen molar-refractivity contribution in [2.75, 3.05) is 39.3 Å². The van der Waals surface area contributed by atoms with Crippen LogP contribution in [0.4, 0.5) is 0 Å². The van der Waals surface area contributed by atoms with Crippen LogP contribution < -0.4 is 10.1 Å². The van der Waals surface area contributed by atoms with Crippen molar-refractivity contribution in [3.05, 3.63) is 65.2 Å². The summed E-state index contributed by atoms with van der Waals surface area (Å²) < 4.78 is 5.74. The second-order valence-electron chi connectivity index (χ2n) is 8.06. The van der Waals surface area contributed by atoms with E-state index in [1.807, 2.05) is 24.3 Å². The molecule has 154 valence electrons. The zero-order valence-corrected chi connectivity index (χ0v) is 17.3. The molecule has 1 N–H and O–H groups in total. The maximum absolute atomic E-state index is 12.6. The molecule has 2 aromatic rings. The first-order valence-corrected chi connectivity index (χ1v) is 10.7. The number of likely N-dealkylation sites (N-methyl/N-ethyl adjacent to an activating group) is 1. The number of ether oxygens (including phenoxy) is 1. The summed E-state index contributed by atoms with van der Waals surface area (Å²) in [4.78, 5) is 17.6. The van der Waals surface area contributed by atoms with Gasteiger partial charge in [-0.1, -0.05) is 49.4 Å². The van der Waals surface area contributed by atoms with Crippen molar-refractivity contribution in [3.63, 3.8) is 0 Å². The molecule has 1 saturated heterocycles. The highest BCUT2D eigenvalue weighted by Crippen LogP contribution is 2.26. The molecule has 0 bridgehead atoms. The van der Waals surface area contributed by atoms with Gasteiger partial charge in [0.2, 0.25) is 5.91 Å². The highest BCUT2D eigenvalue weighted by molar-refractivity contribution is 5.79. The molecule has 1 atom stereocenters.